The molecule has 21 heavy (non-hydrogen) atoms. The predicted molar refractivity (Wildman–Crippen MR) is 81.7 cm³/mol. The fourth-order valence-corrected chi connectivity index (χ4v) is 3.34. The first-order valence-electron chi connectivity index (χ1n) is 7.39. The van der Waals surface area contributed by atoms with Crippen molar-refractivity contribution < 1.29 is 13.2 Å². The standard InChI is InChI=1S/C14H23N3O3S/c1-2-6-15-14-9-13(5-7-16-14)21(18,19)17-10-12-4-3-8-20-11-12/h5,7,9,12,17H,2-4,6,8,10-11H2,1H3,(H,15,16). The van der Waals surface area contributed by atoms with Crippen LogP contribution in [0.3, 0.4) is 0 Å². The van der Waals surface area contributed by atoms with E-state index in [0.717, 1.165) is 32.4 Å². The number of aromatic nitrogens is 1. The Morgan fingerprint density at radius 2 is 2.33 bits per heavy atom. The molecule has 0 aliphatic carbocycles. The van der Waals surface area contributed by atoms with Crippen molar-refractivity contribution in [1.82, 2.24) is 9.71 Å². The summed E-state index contributed by atoms with van der Waals surface area (Å²) < 4.78 is 32.6. The van der Waals surface area contributed by atoms with Gasteiger partial charge < -0.3 is 10.1 Å². The number of hydrogen-bond donors (Lipinski definition) is 2. The van der Waals surface area contributed by atoms with Crippen LogP contribution in [0, 0.1) is 5.92 Å². The summed E-state index contributed by atoms with van der Waals surface area (Å²) in [7, 11) is -3.49. The van der Waals surface area contributed by atoms with Gasteiger partial charge in [0.15, 0.2) is 0 Å². The largest absolute Gasteiger partial charge is 0.381 e. The molecule has 1 aliphatic rings. The molecule has 0 amide bonds. The van der Waals surface area contributed by atoms with Crippen LogP contribution >= 0.6 is 0 Å². The normalized spacial score (nSPS) is 19.4. The third kappa shape index (κ3) is 4.94. The molecule has 7 heteroatoms. The average Bonchev–Trinajstić information content (AvgIpc) is 2.52. The molecule has 0 radical (unpaired) electrons. The molecule has 2 heterocycles. The molecule has 0 saturated carbocycles. The van der Waals surface area contributed by atoms with Gasteiger partial charge in [-0.05, 0) is 31.2 Å². The monoisotopic (exact) mass is 313 g/mol. The van der Waals surface area contributed by atoms with E-state index in [0.29, 0.717) is 19.0 Å². The highest BCUT2D eigenvalue weighted by Gasteiger charge is 2.19. The van der Waals surface area contributed by atoms with E-state index in [2.05, 4.69) is 15.0 Å². The summed E-state index contributed by atoms with van der Waals surface area (Å²) in [5.74, 6) is 0.841. The number of nitrogens with zero attached hydrogens (tertiary/aromatic N) is 1. The summed E-state index contributed by atoms with van der Waals surface area (Å²) in [6, 6.07) is 3.08. The second-order valence-corrected chi connectivity index (χ2v) is 7.01. The number of anilines is 1. The van der Waals surface area contributed by atoms with E-state index in [1.165, 1.54) is 12.3 Å². The number of hydrogen-bond acceptors (Lipinski definition) is 5. The molecular weight excluding hydrogens is 290 g/mol. The van der Waals surface area contributed by atoms with Crippen LogP contribution in [0.25, 0.3) is 0 Å². The van der Waals surface area contributed by atoms with Gasteiger partial charge in [0, 0.05) is 32.0 Å². The molecule has 1 atom stereocenters. The highest BCUT2D eigenvalue weighted by Crippen LogP contribution is 2.15. The van der Waals surface area contributed by atoms with Crippen LogP contribution in [0.4, 0.5) is 5.82 Å². The molecule has 2 rings (SSSR count). The van der Waals surface area contributed by atoms with Crippen LogP contribution in [0.2, 0.25) is 0 Å². The lowest BCUT2D eigenvalue weighted by molar-refractivity contribution is 0.0568. The van der Waals surface area contributed by atoms with Crippen molar-refractivity contribution in [2.24, 2.45) is 5.92 Å². The molecule has 6 nitrogen and oxygen atoms in total. The van der Waals surface area contributed by atoms with E-state index in [1.54, 1.807) is 6.07 Å². The van der Waals surface area contributed by atoms with Gasteiger partial charge in [-0.15, -0.1) is 0 Å². The molecule has 0 aromatic carbocycles. The Kier molecular flexibility index (Phi) is 5.96. The summed E-state index contributed by atoms with van der Waals surface area (Å²) >= 11 is 0. The Bertz CT molecular complexity index is 542. The van der Waals surface area contributed by atoms with Gasteiger partial charge >= 0.3 is 0 Å². The maximum atomic E-state index is 12.3. The minimum absolute atomic E-state index is 0.243. The molecule has 1 aliphatic heterocycles. The number of pyridine rings is 1. The number of nitrogens with one attached hydrogen (secondary N) is 2. The van der Waals surface area contributed by atoms with Crippen molar-refractivity contribution in [1.29, 1.82) is 0 Å². The van der Waals surface area contributed by atoms with Crippen molar-refractivity contribution in [2.45, 2.75) is 31.1 Å². The van der Waals surface area contributed by atoms with E-state index < -0.39 is 10.0 Å². The summed E-state index contributed by atoms with van der Waals surface area (Å²) in [5.41, 5.74) is 0. The summed E-state index contributed by atoms with van der Waals surface area (Å²) in [6.07, 6.45) is 4.46. The Balaban J connectivity index is 1.97. The maximum absolute atomic E-state index is 12.3. The number of sulfonamides is 1. The van der Waals surface area contributed by atoms with Crippen LogP contribution in [0.5, 0.6) is 0 Å². The van der Waals surface area contributed by atoms with Gasteiger partial charge in [-0.3, -0.25) is 0 Å². The minimum atomic E-state index is -3.49. The second kappa shape index (κ2) is 7.72. The van der Waals surface area contributed by atoms with Gasteiger partial charge in [0.2, 0.25) is 10.0 Å². The van der Waals surface area contributed by atoms with E-state index in [-0.39, 0.29) is 10.8 Å². The smallest absolute Gasteiger partial charge is 0.240 e. The van der Waals surface area contributed by atoms with Crippen molar-refractivity contribution in [3.8, 4) is 0 Å². The number of ether oxygens (including phenoxy) is 1. The van der Waals surface area contributed by atoms with Gasteiger partial charge in [0.1, 0.15) is 5.82 Å². The van der Waals surface area contributed by atoms with E-state index in [4.69, 9.17) is 4.74 Å². The van der Waals surface area contributed by atoms with Crippen LogP contribution in [0.1, 0.15) is 26.2 Å². The zero-order chi connectivity index (χ0) is 15.1. The lowest BCUT2D eigenvalue weighted by Gasteiger charge is -2.22. The van der Waals surface area contributed by atoms with Crippen LogP contribution in [-0.2, 0) is 14.8 Å². The zero-order valence-electron chi connectivity index (χ0n) is 12.3. The fraction of sp³-hybridized carbons (Fsp3) is 0.643. The lowest BCUT2D eigenvalue weighted by Crippen LogP contribution is -2.33. The first-order valence-corrected chi connectivity index (χ1v) is 8.87. The minimum Gasteiger partial charge on any atom is -0.381 e. The summed E-state index contributed by atoms with van der Waals surface area (Å²) in [5, 5.41) is 3.09. The van der Waals surface area contributed by atoms with Gasteiger partial charge in [-0.25, -0.2) is 18.1 Å². The van der Waals surface area contributed by atoms with E-state index in [9.17, 15) is 8.42 Å². The van der Waals surface area contributed by atoms with Gasteiger partial charge in [0.05, 0.1) is 11.5 Å². The lowest BCUT2D eigenvalue weighted by atomic mass is 10.0. The molecule has 118 valence electrons. The topological polar surface area (TPSA) is 80.3 Å². The number of rotatable bonds is 7. The predicted octanol–water partition coefficient (Wildman–Crippen LogP) is 1.61. The molecule has 1 aromatic heterocycles. The Morgan fingerprint density at radius 1 is 1.48 bits per heavy atom. The third-order valence-electron chi connectivity index (χ3n) is 3.41. The molecule has 1 unspecified atom stereocenters. The molecule has 2 N–H and O–H groups in total. The Morgan fingerprint density at radius 3 is 3.05 bits per heavy atom. The molecular formula is C14H23N3O3S. The van der Waals surface area contributed by atoms with Crippen LogP contribution in [0.15, 0.2) is 23.2 Å². The highest BCUT2D eigenvalue weighted by atomic mass is 32.2. The maximum Gasteiger partial charge on any atom is 0.240 e. The van der Waals surface area contributed by atoms with Gasteiger partial charge in [-0.2, -0.15) is 0 Å². The SMILES string of the molecule is CCCNc1cc(S(=O)(=O)NCC2CCCOC2)ccn1. The molecule has 1 fully saturated rings. The second-order valence-electron chi connectivity index (χ2n) is 5.24. The fourth-order valence-electron chi connectivity index (χ4n) is 2.21. The van der Waals surface area contributed by atoms with Crippen LogP contribution in [-0.4, -0.2) is 39.7 Å². The Hall–Kier alpha value is -1.18. The molecule has 0 spiro atoms. The van der Waals surface area contributed by atoms with Crippen LogP contribution < -0.4 is 10.0 Å². The third-order valence-corrected chi connectivity index (χ3v) is 4.84. The van der Waals surface area contributed by atoms with Gasteiger partial charge in [0.25, 0.3) is 0 Å². The van der Waals surface area contributed by atoms with Crippen molar-refractivity contribution >= 4 is 15.8 Å². The average molecular weight is 313 g/mol. The zero-order valence-corrected chi connectivity index (χ0v) is 13.2. The first-order chi connectivity index (χ1) is 10.1. The Labute approximate surface area is 126 Å². The quantitative estimate of drug-likeness (QED) is 0.799. The van der Waals surface area contributed by atoms with Gasteiger partial charge in [-0.1, -0.05) is 6.92 Å². The van der Waals surface area contributed by atoms with Crippen molar-refractivity contribution in [3.05, 3.63) is 18.3 Å². The molecule has 1 aromatic rings. The summed E-state index contributed by atoms with van der Waals surface area (Å²) in [6.45, 7) is 4.63. The van der Waals surface area contributed by atoms with E-state index >= 15 is 0 Å². The molecule has 1 saturated heterocycles. The highest BCUT2D eigenvalue weighted by molar-refractivity contribution is 7.89. The van der Waals surface area contributed by atoms with Crippen molar-refractivity contribution in [3.63, 3.8) is 0 Å². The summed E-state index contributed by atoms with van der Waals surface area (Å²) in [4.78, 5) is 4.36. The van der Waals surface area contributed by atoms with Crippen molar-refractivity contribution in [2.75, 3.05) is 31.6 Å². The molecule has 0 bridgehead atoms. The van der Waals surface area contributed by atoms with E-state index in [1.807, 2.05) is 6.92 Å². The first kappa shape index (κ1) is 16.2.